The molecule has 0 spiro atoms. The molecule has 1 nitrogen and oxygen atoms in total. The number of ketones is 1. The zero-order valence-electron chi connectivity index (χ0n) is 7.88. The number of benzene rings is 1. The summed E-state index contributed by atoms with van der Waals surface area (Å²) in [5.41, 5.74) is 0.728. The SMILES string of the molecule is CSc1cc(Cl)ccc1C(=O)C(C)Br. The molecule has 0 aromatic heterocycles. The average molecular weight is 294 g/mol. The van der Waals surface area contributed by atoms with E-state index in [1.165, 1.54) is 11.8 Å². The minimum Gasteiger partial charge on any atom is -0.293 e. The number of halogens is 2. The molecular formula is C10H10BrClOS. The van der Waals surface area contributed by atoms with Gasteiger partial charge in [-0.2, -0.15) is 0 Å². The molecule has 0 radical (unpaired) electrons. The summed E-state index contributed by atoms with van der Waals surface area (Å²) >= 11 is 10.6. The Hall–Kier alpha value is 0.01000. The van der Waals surface area contributed by atoms with Gasteiger partial charge in [0.2, 0.25) is 0 Å². The molecule has 0 amide bonds. The molecule has 0 saturated heterocycles. The van der Waals surface area contributed by atoms with Gasteiger partial charge in [0.1, 0.15) is 0 Å². The fourth-order valence-electron chi connectivity index (χ4n) is 1.08. The average Bonchev–Trinajstić information content (AvgIpc) is 2.16. The molecule has 0 aliphatic carbocycles. The number of hydrogen-bond donors (Lipinski definition) is 0. The van der Waals surface area contributed by atoms with Crippen molar-refractivity contribution in [2.24, 2.45) is 0 Å². The first kappa shape index (κ1) is 12.1. The molecule has 14 heavy (non-hydrogen) atoms. The van der Waals surface area contributed by atoms with E-state index in [9.17, 15) is 4.79 Å². The van der Waals surface area contributed by atoms with Crippen molar-refractivity contribution >= 4 is 45.1 Å². The molecule has 1 aromatic rings. The highest BCUT2D eigenvalue weighted by Gasteiger charge is 2.15. The van der Waals surface area contributed by atoms with Crippen LogP contribution in [0.25, 0.3) is 0 Å². The van der Waals surface area contributed by atoms with Crippen LogP contribution < -0.4 is 0 Å². The van der Waals surface area contributed by atoms with E-state index in [2.05, 4.69) is 15.9 Å². The highest BCUT2D eigenvalue weighted by Crippen LogP contribution is 2.26. The maximum Gasteiger partial charge on any atom is 0.177 e. The molecule has 0 aliphatic rings. The summed E-state index contributed by atoms with van der Waals surface area (Å²) in [5, 5.41) is 0.660. The van der Waals surface area contributed by atoms with Crippen LogP contribution in [0.2, 0.25) is 5.02 Å². The molecule has 1 atom stereocenters. The van der Waals surface area contributed by atoms with E-state index >= 15 is 0 Å². The van der Waals surface area contributed by atoms with Gasteiger partial charge in [0.25, 0.3) is 0 Å². The molecule has 0 aliphatic heterocycles. The molecular weight excluding hydrogens is 284 g/mol. The second-order valence-corrected chi connectivity index (χ2v) is 5.48. The van der Waals surface area contributed by atoms with Crippen molar-refractivity contribution in [3.63, 3.8) is 0 Å². The first-order valence-corrected chi connectivity index (χ1v) is 6.60. The standard InChI is InChI=1S/C10H10BrClOS/c1-6(11)10(13)8-4-3-7(12)5-9(8)14-2/h3-6H,1-2H3. The third-order valence-corrected chi connectivity index (χ3v) is 3.22. The van der Waals surface area contributed by atoms with Crippen molar-refractivity contribution in [3.05, 3.63) is 28.8 Å². The molecule has 0 fully saturated rings. The van der Waals surface area contributed by atoms with E-state index in [0.717, 1.165) is 10.5 Å². The number of Topliss-reactive ketones (excluding diaryl/α,β-unsaturated/α-hetero) is 1. The maximum absolute atomic E-state index is 11.7. The van der Waals surface area contributed by atoms with Crippen LogP contribution in [0.1, 0.15) is 17.3 Å². The Balaban J connectivity index is 3.14. The normalized spacial score (nSPS) is 12.6. The van der Waals surface area contributed by atoms with E-state index in [1.807, 2.05) is 19.2 Å². The van der Waals surface area contributed by atoms with E-state index < -0.39 is 0 Å². The van der Waals surface area contributed by atoms with E-state index in [4.69, 9.17) is 11.6 Å². The molecule has 1 aromatic carbocycles. The molecule has 0 heterocycles. The number of alkyl halides is 1. The van der Waals surface area contributed by atoms with Gasteiger partial charge in [-0.1, -0.05) is 27.5 Å². The molecule has 4 heteroatoms. The van der Waals surface area contributed by atoms with Crippen molar-refractivity contribution in [2.45, 2.75) is 16.6 Å². The fourth-order valence-corrected chi connectivity index (χ4v) is 2.20. The lowest BCUT2D eigenvalue weighted by Gasteiger charge is -2.08. The number of hydrogen-bond acceptors (Lipinski definition) is 2. The van der Waals surface area contributed by atoms with Gasteiger partial charge in [-0.15, -0.1) is 11.8 Å². The maximum atomic E-state index is 11.7. The van der Waals surface area contributed by atoms with Crippen LogP contribution in [0.3, 0.4) is 0 Å². The summed E-state index contributed by atoms with van der Waals surface area (Å²) in [4.78, 5) is 12.5. The fraction of sp³-hybridized carbons (Fsp3) is 0.300. The van der Waals surface area contributed by atoms with Gasteiger partial charge < -0.3 is 0 Å². The van der Waals surface area contributed by atoms with Crippen LogP contribution in [-0.4, -0.2) is 16.9 Å². The van der Waals surface area contributed by atoms with Crippen LogP contribution in [0.5, 0.6) is 0 Å². The molecule has 1 rings (SSSR count). The Bertz CT molecular complexity index is 352. The summed E-state index contributed by atoms with van der Waals surface area (Å²) in [6.45, 7) is 1.82. The third kappa shape index (κ3) is 2.75. The Morgan fingerprint density at radius 1 is 1.57 bits per heavy atom. The van der Waals surface area contributed by atoms with Crippen LogP contribution in [0.15, 0.2) is 23.1 Å². The van der Waals surface area contributed by atoms with Crippen LogP contribution >= 0.6 is 39.3 Å². The van der Waals surface area contributed by atoms with Crippen LogP contribution in [-0.2, 0) is 0 Å². The van der Waals surface area contributed by atoms with E-state index in [0.29, 0.717) is 5.02 Å². The zero-order valence-corrected chi connectivity index (χ0v) is 11.0. The van der Waals surface area contributed by atoms with Crippen molar-refractivity contribution in [3.8, 4) is 0 Å². The molecule has 76 valence electrons. The van der Waals surface area contributed by atoms with Gasteiger partial charge >= 0.3 is 0 Å². The lowest BCUT2D eigenvalue weighted by Crippen LogP contribution is -2.10. The van der Waals surface area contributed by atoms with E-state index in [-0.39, 0.29) is 10.6 Å². The minimum atomic E-state index is -0.158. The van der Waals surface area contributed by atoms with Gasteiger partial charge in [0.15, 0.2) is 5.78 Å². The van der Waals surface area contributed by atoms with Gasteiger partial charge in [-0.25, -0.2) is 0 Å². The largest absolute Gasteiger partial charge is 0.293 e. The number of thioether (sulfide) groups is 1. The lowest BCUT2D eigenvalue weighted by molar-refractivity contribution is 0.0993. The first-order valence-electron chi connectivity index (χ1n) is 4.08. The van der Waals surface area contributed by atoms with Crippen molar-refractivity contribution in [1.82, 2.24) is 0 Å². The van der Waals surface area contributed by atoms with E-state index in [1.54, 1.807) is 12.1 Å². The van der Waals surface area contributed by atoms with Gasteiger partial charge in [0.05, 0.1) is 4.83 Å². The first-order chi connectivity index (χ1) is 6.56. The topological polar surface area (TPSA) is 17.1 Å². The zero-order chi connectivity index (χ0) is 10.7. The Kier molecular flexibility index (Phi) is 4.48. The van der Waals surface area contributed by atoms with Crippen molar-refractivity contribution in [2.75, 3.05) is 6.26 Å². The lowest BCUT2D eigenvalue weighted by atomic mass is 10.1. The third-order valence-electron chi connectivity index (χ3n) is 1.79. The predicted molar refractivity (Wildman–Crippen MR) is 66.0 cm³/mol. The summed E-state index contributed by atoms with van der Waals surface area (Å²) < 4.78 is 0. The van der Waals surface area contributed by atoms with Crippen LogP contribution in [0, 0.1) is 0 Å². The van der Waals surface area contributed by atoms with Gasteiger partial charge in [0, 0.05) is 15.5 Å². The number of rotatable bonds is 3. The molecule has 0 bridgehead atoms. The minimum absolute atomic E-state index is 0.0889. The second kappa shape index (κ2) is 5.19. The number of carbonyl (C=O) groups excluding carboxylic acids is 1. The highest BCUT2D eigenvalue weighted by atomic mass is 79.9. The Morgan fingerprint density at radius 3 is 2.71 bits per heavy atom. The van der Waals surface area contributed by atoms with Gasteiger partial charge in [-0.05, 0) is 31.4 Å². The summed E-state index contributed by atoms with van der Waals surface area (Å²) in [5.74, 6) is 0.0889. The summed E-state index contributed by atoms with van der Waals surface area (Å²) in [6, 6.07) is 5.33. The Morgan fingerprint density at radius 2 is 2.21 bits per heavy atom. The smallest absolute Gasteiger partial charge is 0.177 e. The number of carbonyl (C=O) groups is 1. The summed E-state index contributed by atoms with van der Waals surface area (Å²) in [6.07, 6.45) is 1.93. The predicted octanol–water partition coefficient (Wildman–Crippen LogP) is 4.03. The highest BCUT2D eigenvalue weighted by molar-refractivity contribution is 9.10. The summed E-state index contributed by atoms with van der Waals surface area (Å²) in [7, 11) is 0. The Labute approximate surface area is 101 Å². The van der Waals surface area contributed by atoms with Crippen LogP contribution in [0.4, 0.5) is 0 Å². The quantitative estimate of drug-likeness (QED) is 0.475. The second-order valence-electron chi connectivity index (χ2n) is 2.82. The monoisotopic (exact) mass is 292 g/mol. The molecule has 0 N–H and O–H groups in total. The molecule has 0 saturated carbocycles. The van der Waals surface area contributed by atoms with Gasteiger partial charge in [-0.3, -0.25) is 4.79 Å². The van der Waals surface area contributed by atoms with Crippen molar-refractivity contribution < 1.29 is 4.79 Å². The van der Waals surface area contributed by atoms with Crippen molar-refractivity contribution in [1.29, 1.82) is 0 Å². The molecule has 1 unspecified atom stereocenters.